The van der Waals surface area contributed by atoms with E-state index in [1.807, 2.05) is 7.05 Å². The third-order valence-corrected chi connectivity index (χ3v) is 3.28. The first-order valence-electron chi connectivity index (χ1n) is 6.70. The van der Waals surface area contributed by atoms with Crippen LogP contribution in [0.2, 0.25) is 0 Å². The number of amides is 2. The van der Waals surface area contributed by atoms with Crippen LogP contribution in [0.1, 0.15) is 5.56 Å². The fourth-order valence-corrected chi connectivity index (χ4v) is 2.25. The normalized spacial score (nSPS) is 11.2. The van der Waals surface area contributed by atoms with E-state index in [-0.39, 0.29) is 5.52 Å². The first-order chi connectivity index (χ1) is 11.1. The van der Waals surface area contributed by atoms with Gasteiger partial charge in [0, 0.05) is 18.0 Å². The fourth-order valence-electron chi connectivity index (χ4n) is 2.25. The third kappa shape index (κ3) is 2.86. The summed E-state index contributed by atoms with van der Waals surface area (Å²) < 4.78 is 15.9. The van der Waals surface area contributed by atoms with Crippen LogP contribution in [0.4, 0.5) is 9.18 Å². The van der Waals surface area contributed by atoms with Gasteiger partial charge in [-0.05, 0) is 12.1 Å². The van der Waals surface area contributed by atoms with Crippen molar-refractivity contribution in [2.24, 2.45) is 17.9 Å². The van der Waals surface area contributed by atoms with Crippen LogP contribution in [-0.2, 0) is 7.05 Å². The number of hydrogen-bond donors (Lipinski definition) is 2. The van der Waals surface area contributed by atoms with Gasteiger partial charge in [-0.1, -0.05) is 12.1 Å². The molecule has 2 heterocycles. The van der Waals surface area contributed by atoms with E-state index in [0.717, 1.165) is 5.69 Å². The number of aryl methyl sites for hydroxylation is 1. The highest BCUT2D eigenvalue weighted by Gasteiger charge is 2.11. The molecule has 0 bridgehead atoms. The average Bonchev–Trinajstić information content (AvgIpc) is 2.93. The molecule has 1 aromatic carbocycles. The van der Waals surface area contributed by atoms with Crippen molar-refractivity contribution in [3.8, 4) is 11.4 Å². The zero-order chi connectivity index (χ0) is 16.4. The number of primary amides is 1. The minimum absolute atomic E-state index is 0.215. The number of imidazole rings is 1. The Balaban J connectivity index is 2.20. The predicted molar refractivity (Wildman–Crippen MR) is 84.2 cm³/mol. The lowest BCUT2D eigenvalue weighted by atomic mass is 10.1. The molecule has 0 atom stereocenters. The molecule has 2 aromatic heterocycles. The van der Waals surface area contributed by atoms with Gasteiger partial charge in [0.15, 0.2) is 0 Å². The van der Waals surface area contributed by atoms with Crippen molar-refractivity contribution in [1.29, 1.82) is 0 Å². The van der Waals surface area contributed by atoms with Crippen LogP contribution in [0, 0.1) is 5.82 Å². The number of hydrogen-bond acceptors (Lipinski definition) is 4. The van der Waals surface area contributed by atoms with Crippen LogP contribution in [0.5, 0.6) is 0 Å². The summed E-state index contributed by atoms with van der Waals surface area (Å²) in [5, 5.41) is 4.32. The molecule has 0 spiro atoms. The lowest BCUT2D eigenvalue weighted by Gasteiger charge is -2.08. The lowest BCUT2D eigenvalue weighted by molar-refractivity contribution is 0.249. The highest BCUT2D eigenvalue weighted by atomic mass is 19.1. The summed E-state index contributed by atoms with van der Waals surface area (Å²) in [6, 6.07) is 5.61. The van der Waals surface area contributed by atoms with Crippen LogP contribution in [0.3, 0.4) is 0 Å². The van der Waals surface area contributed by atoms with E-state index in [0.29, 0.717) is 16.6 Å². The molecule has 7 nitrogen and oxygen atoms in total. The minimum Gasteiger partial charge on any atom is -0.350 e. The van der Waals surface area contributed by atoms with Crippen LogP contribution in [-0.4, -0.2) is 26.8 Å². The number of carbonyl (C=O) groups is 1. The average molecular weight is 312 g/mol. The monoisotopic (exact) mass is 312 g/mol. The van der Waals surface area contributed by atoms with Gasteiger partial charge in [-0.25, -0.2) is 24.6 Å². The molecule has 23 heavy (non-hydrogen) atoms. The summed E-state index contributed by atoms with van der Waals surface area (Å²) in [5.41, 5.74) is 9.17. The van der Waals surface area contributed by atoms with Gasteiger partial charge in [0.1, 0.15) is 11.3 Å². The van der Waals surface area contributed by atoms with Gasteiger partial charge in [-0.3, -0.25) is 0 Å². The molecule has 0 unspecified atom stereocenters. The number of para-hydroxylation sites is 1. The largest absolute Gasteiger partial charge is 0.350 e. The smallest absolute Gasteiger partial charge is 0.332 e. The number of urea groups is 1. The van der Waals surface area contributed by atoms with Gasteiger partial charge in [-0.15, -0.1) is 0 Å². The van der Waals surface area contributed by atoms with Crippen molar-refractivity contribution in [2.75, 3.05) is 0 Å². The SMILES string of the molecule is Cn1cncc1-c1cc(C=NNC(N)=O)c2cccc(F)c2n1. The number of nitrogens with one attached hydrogen (secondary N) is 1. The number of hydrazone groups is 1. The Kier molecular flexibility index (Phi) is 3.71. The molecule has 0 saturated heterocycles. The van der Waals surface area contributed by atoms with Crippen LogP contribution < -0.4 is 11.2 Å². The van der Waals surface area contributed by atoms with Gasteiger partial charge < -0.3 is 10.3 Å². The second-order valence-corrected chi connectivity index (χ2v) is 4.86. The number of benzene rings is 1. The highest BCUT2D eigenvalue weighted by molar-refractivity contribution is 6.00. The van der Waals surface area contributed by atoms with Gasteiger partial charge in [0.2, 0.25) is 0 Å². The summed E-state index contributed by atoms with van der Waals surface area (Å²) in [7, 11) is 1.82. The van der Waals surface area contributed by atoms with Crippen molar-refractivity contribution in [3.63, 3.8) is 0 Å². The second-order valence-electron chi connectivity index (χ2n) is 4.86. The molecule has 3 N–H and O–H groups in total. The molecule has 0 aliphatic heterocycles. The van der Waals surface area contributed by atoms with E-state index in [1.165, 1.54) is 12.3 Å². The summed E-state index contributed by atoms with van der Waals surface area (Å²) in [6.07, 6.45) is 4.66. The summed E-state index contributed by atoms with van der Waals surface area (Å²) in [4.78, 5) is 19.1. The fraction of sp³-hybridized carbons (Fsp3) is 0.0667. The Bertz CT molecular complexity index is 917. The Morgan fingerprint density at radius 2 is 2.30 bits per heavy atom. The van der Waals surface area contributed by atoms with Crippen LogP contribution >= 0.6 is 0 Å². The van der Waals surface area contributed by atoms with Crippen molar-refractivity contribution in [1.82, 2.24) is 20.0 Å². The number of nitrogens with zero attached hydrogens (tertiary/aromatic N) is 4. The molecule has 0 radical (unpaired) electrons. The molecule has 0 aliphatic carbocycles. The molecule has 8 heteroatoms. The number of aromatic nitrogens is 3. The molecule has 3 aromatic rings. The number of nitrogens with two attached hydrogens (primary N) is 1. The van der Waals surface area contributed by atoms with E-state index in [1.54, 1.807) is 35.3 Å². The molecule has 116 valence electrons. The first kappa shape index (κ1) is 14.6. The van der Waals surface area contributed by atoms with E-state index in [4.69, 9.17) is 5.73 Å². The van der Waals surface area contributed by atoms with Gasteiger partial charge in [-0.2, -0.15) is 5.10 Å². The van der Waals surface area contributed by atoms with Crippen molar-refractivity contribution in [3.05, 3.63) is 48.2 Å². The number of pyridine rings is 1. The summed E-state index contributed by atoms with van der Waals surface area (Å²) >= 11 is 0. The Labute approximate surface area is 130 Å². The summed E-state index contributed by atoms with van der Waals surface area (Å²) in [5.74, 6) is -0.441. The van der Waals surface area contributed by atoms with Gasteiger partial charge >= 0.3 is 6.03 Å². The quantitative estimate of drug-likeness (QED) is 0.569. The van der Waals surface area contributed by atoms with Gasteiger partial charge in [0.05, 0.1) is 30.1 Å². The van der Waals surface area contributed by atoms with Crippen molar-refractivity contribution in [2.45, 2.75) is 0 Å². The Hall–Kier alpha value is -3.29. The van der Waals surface area contributed by atoms with Gasteiger partial charge in [0.25, 0.3) is 0 Å². The number of halogens is 1. The maximum Gasteiger partial charge on any atom is 0.332 e. The summed E-state index contributed by atoms with van der Waals surface area (Å²) in [6.45, 7) is 0. The van der Waals surface area contributed by atoms with Crippen molar-refractivity contribution >= 4 is 23.1 Å². The Morgan fingerprint density at radius 3 is 3.00 bits per heavy atom. The number of carbonyl (C=O) groups excluding carboxylic acids is 1. The van der Waals surface area contributed by atoms with Crippen LogP contribution in [0.25, 0.3) is 22.3 Å². The zero-order valence-electron chi connectivity index (χ0n) is 12.2. The van der Waals surface area contributed by atoms with E-state index >= 15 is 0 Å². The molecule has 0 saturated carbocycles. The lowest BCUT2D eigenvalue weighted by Crippen LogP contribution is -2.24. The van der Waals surface area contributed by atoms with E-state index < -0.39 is 11.8 Å². The number of fused-ring (bicyclic) bond motifs is 1. The van der Waals surface area contributed by atoms with E-state index in [2.05, 4.69) is 20.5 Å². The zero-order valence-corrected chi connectivity index (χ0v) is 12.2. The van der Waals surface area contributed by atoms with Crippen LogP contribution in [0.15, 0.2) is 41.9 Å². The predicted octanol–water partition coefficient (Wildman–Crippen LogP) is 1.78. The molecule has 0 fully saturated rings. The van der Waals surface area contributed by atoms with E-state index in [9.17, 15) is 9.18 Å². The number of rotatable bonds is 3. The molecule has 3 rings (SSSR count). The molecular weight excluding hydrogens is 299 g/mol. The third-order valence-electron chi connectivity index (χ3n) is 3.28. The maximum atomic E-state index is 14.1. The first-order valence-corrected chi connectivity index (χ1v) is 6.70. The minimum atomic E-state index is -0.780. The maximum absolute atomic E-state index is 14.1. The second kappa shape index (κ2) is 5.84. The molecule has 2 amide bonds. The molecule has 0 aliphatic rings. The standard InChI is InChI=1S/C15H13FN6O/c1-22-8-18-7-13(22)12-5-9(6-19-21-15(17)23)10-3-2-4-11(16)14(10)20-12/h2-8H,1H3,(H3,17,21,23). The Morgan fingerprint density at radius 1 is 1.48 bits per heavy atom. The highest BCUT2D eigenvalue weighted by Crippen LogP contribution is 2.25. The molecular formula is C15H13FN6O. The van der Waals surface area contributed by atoms with Crippen molar-refractivity contribution < 1.29 is 9.18 Å². The topological polar surface area (TPSA) is 98.2 Å².